The molecule has 3 aromatic rings. The highest BCUT2D eigenvalue weighted by Crippen LogP contribution is 2.41. The minimum Gasteiger partial charge on any atom is -0.495 e. The van der Waals surface area contributed by atoms with Crippen LogP contribution in [0.25, 0.3) is 5.57 Å². The quantitative estimate of drug-likeness (QED) is 0.563. The first-order valence-corrected chi connectivity index (χ1v) is 10.4. The maximum absolute atomic E-state index is 13.7. The highest BCUT2D eigenvalue weighted by Gasteiger charge is 2.44. The van der Waals surface area contributed by atoms with Crippen molar-refractivity contribution in [1.29, 1.82) is 0 Å². The van der Waals surface area contributed by atoms with E-state index >= 15 is 0 Å². The zero-order chi connectivity index (χ0) is 21.5. The van der Waals surface area contributed by atoms with Gasteiger partial charge in [-0.05, 0) is 41.8 Å². The van der Waals surface area contributed by atoms with Crippen LogP contribution >= 0.6 is 11.6 Å². The van der Waals surface area contributed by atoms with E-state index in [-0.39, 0.29) is 11.8 Å². The molecule has 31 heavy (non-hydrogen) atoms. The smallest absolute Gasteiger partial charge is 0.282 e. The van der Waals surface area contributed by atoms with Gasteiger partial charge in [-0.1, -0.05) is 60.1 Å². The first kappa shape index (κ1) is 19.4. The van der Waals surface area contributed by atoms with Crippen LogP contribution < -0.4 is 14.5 Å². The number of hydrogen-bond acceptors (Lipinski definition) is 4. The third kappa shape index (κ3) is 3.09. The number of imide groups is 1. The van der Waals surface area contributed by atoms with Gasteiger partial charge >= 0.3 is 0 Å². The molecule has 0 saturated carbocycles. The average Bonchev–Trinajstić information content (AvgIpc) is 3.32. The summed E-state index contributed by atoms with van der Waals surface area (Å²) in [4.78, 5) is 30.5. The standard InChI is InChI=1S/C25H19ClN2O3/c1-31-21-12-11-18(15-19(21)26)28-24(29)22(17-8-3-2-4-9-17)23(25(28)30)27-14-13-16-7-5-6-10-20(16)27/h2-12,15H,13-14H2,1H3. The van der Waals surface area contributed by atoms with Crippen molar-refractivity contribution in [3.8, 4) is 5.75 Å². The molecule has 154 valence electrons. The SMILES string of the molecule is COc1ccc(N2C(=O)C(c3ccccc3)=C(N3CCc4ccccc43)C2=O)cc1Cl. The molecule has 2 aliphatic rings. The number of ether oxygens (including phenoxy) is 1. The summed E-state index contributed by atoms with van der Waals surface area (Å²) in [5, 5.41) is 0.335. The Morgan fingerprint density at radius 1 is 0.903 bits per heavy atom. The molecule has 5 rings (SSSR count). The van der Waals surface area contributed by atoms with Crippen LogP contribution in [0.2, 0.25) is 5.02 Å². The van der Waals surface area contributed by atoms with Crippen molar-refractivity contribution in [2.45, 2.75) is 6.42 Å². The van der Waals surface area contributed by atoms with E-state index in [4.69, 9.17) is 16.3 Å². The third-order valence-corrected chi connectivity index (χ3v) is 5.97. The Balaban J connectivity index is 1.66. The topological polar surface area (TPSA) is 49.9 Å². The lowest BCUT2D eigenvalue weighted by Crippen LogP contribution is -2.34. The molecule has 3 aromatic carbocycles. The van der Waals surface area contributed by atoms with Gasteiger partial charge in [0.15, 0.2) is 0 Å². The van der Waals surface area contributed by atoms with E-state index < -0.39 is 0 Å². The van der Waals surface area contributed by atoms with Gasteiger partial charge in [-0.3, -0.25) is 9.59 Å². The number of fused-ring (bicyclic) bond motifs is 1. The first-order valence-electron chi connectivity index (χ1n) is 9.97. The normalized spacial score (nSPS) is 15.7. The van der Waals surface area contributed by atoms with E-state index in [1.807, 2.05) is 53.4 Å². The van der Waals surface area contributed by atoms with E-state index in [1.165, 1.54) is 12.0 Å². The number of rotatable bonds is 4. The number of halogens is 1. The average molecular weight is 431 g/mol. The van der Waals surface area contributed by atoms with Gasteiger partial charge in [0.25, 0.3) is 11.8 Å². The lowest BCUT2D eigenvalue weighted by atomic mass is 10.0. The number of methoxy groups -OCH3 is 1. The predicted octanol–water partition coefficient (Wildman–Crippen LogP) is 4.70. The van der Waals surface area contributed by atoms with Gasteiger partial charge in [-0.25, -0.2) is 4.90 Å². The Labute approximate surface area is 185 Å². The van der Waals surface area contributed by atoms with Crippen LogP contribution in [0.1, 0.15) is 11.1 Å². The summed E-state index contributed by atoms with van der Waals surface area (Å²) in [5.74, 6) is -0.243. The van der Waals surface area contributed by atoms with E-state index in [9.17, 15) is 9.59 Å². The van der Waals surface area contributed by atoms with E-state index in [0.717, 1.165) is 17.7 Å². The fourth-order valence-corrected chi connectivity index (χ4v) is 4.48. The number of benzene rings is 3. The molecule has 0 atom stereocenters. The molecule has 0 radical (unpaired) electrons. The fraction of sp³-hybridized carbons (Fsp3) is 0.120. The molecule has 0 aromatic heterocycles. The molecule has 0 fully saturated rings. The maximum atomic E-state index is 13.7. The largest absolute Gasteiger partial charge is 0.495 e. The molecule has 2 amide bonds. The number of anilines is 2. The number of amides is 2. The van der Waals surface area contributed by atoms with E-state index in [1.54, 1.807) is 18.2 Å². The van der Waals surface area contributed by atoms with Crippen LogP contribution in [0.3, 0.4) is 0 Å². The third-order valence-electron chi connectivity index (χ3n) is 5.67. The van der Waals surface area contributed by atoms with E-state index in [2.05, 4.69) is 6.07 Å². The van der Waals surface area contributed by atoms with Crippen LogP contribution in [0.5, 0.6) is 5.75 Å². The highest BCUT2D eigenvalue weighted by atomic mass is 35.5. The second-order valence-electron chi connectivity index (χ2n) is 7.38. The van der Waals surface area contributed by atoms with Gasteiger partial charge < -0.3 is 9.64 Å². The molecule has 0 N–H and O–H groups in total. The van der Waals surface area contributed by atoms with Gasteiger partial charge in [0, 0.05) is 12.2 Å². The number of hydrogen-bond donors (Lipinski definition) is 0. The van der Waals surface area contributed by atoms with Crippen LogP contribution in [-0.2, 0) is 16.0 Å². The summed E-state index contributed by atoms with van der Waals surface area (Å²) in [6.07, 6.45) is 0.817. The number of para-hydroxylation sites is 1. The fourth-order valence-electron chi connectivity index (χ4n) is 4.23. The van der Waals surface area contributed by atoms with Gasteiger partial charge in [0.2, 0.25) is 0 Å². The molecule has 0 spiro atoms. The molecule has 0 saturated heterocycles. The van der Waals surface area contributed by atoms with Crippen LogP contribution in [0.4, 0.5) is 11.4 Å². The van der Waals surface area contributed by atoms with Crippen LogP contribution in [-0.4, -0.2) is 25.5 Å². The van der Waals surface area contributed by atoms with Crippen molar-refractivity contribution in [2.75, 3.05) is 23.5 Å². The molecule has 2 aliphatic heterocycles. The zero-order valence-corrected chi connectivity index (χ0v) is 17.6. The molecule has 0 unspecified atom stereocenters. The van der Waals surface area contributed by atoms with Crippen molar-refractivity contribution < 1.29 is 14.3 Å². The summed E-state index contributed by atoms with van der Waals surface area (Å²) in [6, 6.07) is 22.2. The summed E-state index contributed by atoms with van der Waals surface area (Å²) < 4.78 is 5.21. The Bertz CT molecular complexity index is 1240. The molecular formula is C25H19ClN2O3. The van der Waals surface area contributed by atoms with Crippen molar-refractivity contribution in [2.24, 2.45) is 0 Å². The Hall–Kier alpha value is -3.57. The summed E-state index contributed by atoms with van der Waals surface area (Å²) in [7, 11) is 1.52. The van der Waals surface area contributed by atoms with E-state index in [0.29, 0.717) is 39.8 Å². The van der Waals surface area contributed by atoms with Crippen molar-refractivity contribution in [3.63, 3.8) is 0 Å². The second-order valence-corrected chi connectivity index (χ2v) is 7.79. The maximum Gasteiger partial charge on any atom is 0.282 e. The number of nitrogens with zero attached hydrogens (tertiary/aromatic N) is 2. The van der Waals surface area contributed by atoms with Crippen molar-refractivity contribution >= 4 is 40.4 Å². The zero-order valence-electron chi connectivity index (χ0n) is 16.8. The summed E-state index contributed by atoms with van der Waals surface area (Å²) in [5.41, 5.74) is 4.04. The molecule has 0 bridgehead atoms. The monoisotopic (exact) mass is 430 g/mol. The molecule has 0 aliphatic carbocycles. The number of carbonyl (C=O) groups excluding carboxylic acids is 2. The molecule has 6 heteroatoms. The second kappa shape index (κ2) is 7.60. The lowest BCUT2D eigenvalue weighted by molar-refractivity contribution is -0.120. The van der Waals surface area contributed by atoms with Crippen LogP contribution in [0, 0.1) is 0 Å². The predicted molar refractivity (Wildman–Crippen MR) is 121 cm³/mol. The van der Waals surface area contributed by atoms with Crippen molar-refractivity contribution in [1.82, 2.24) is 0 Å². The Morgan fingerprint density at radius 2 is 1.65 bits per heavy atom. The summed E-state index contributed by atoms with van der Waals surface area (Å²) in [6.45, 7) is 0.640. The minimum absolute atomic E-state index is 0.335. The lowest BCUT2D eigenvalue weighted by Gasteiger charge is -2.22. The number of carbonyl (C=O) groups is 2. The molecular weight excluding hydrogens is 412 g/mol. The van der Waals surface area contributed by atoms with Gasteiger partial charge in [0.05, 0.1) is 23.4 Å². The van der Waals surface area contributed by atoms with Crippen molar-refractivity contribution in [3.05, 3.63) is 94.6 Å². The van der Waals surface area contributed by atoms with Gasteiger partial charge in [0.1, 0.15) is 11.4 Å². The Kier molecular flexibility index (Phi) is 4.75. The highest BCUT2D eigenvalue weighted by molar-refractivity contribution is 6.46. The van der Waals surface area contributed by atoms with Gasteiger partial charge in [-0.15, -0.1) is 0 Å². The Morgan fingerprint density at radius 3 is 2.39 bits per heavy atom. The van der Waals surface area contributed by atoms with Crippen LogP contribution in [0.15, 0.2) is 78.5 Å². The summed E-state index contributed by atoms with van der Waals surface area (Å²) >= 11 is 6.29. The molecule has 2 heterocycles. The minimum atomic E-state index is -0.364. The first-order chi connectivity index (χ1) is 15.1. The molecule has 5 nitrogen and oxygen atoms in total. The van der Waals surface area contributed by atoms with Gasteiger partial charge in [-0.2, -0.15) is 0 Å².